The van der Waals surface area contributed by atoms with Gasteiger partial charge in [0.05, 0.1) is 45.0 Å². The van der Waals surface area contributed by atoms with E-state index in [1.807, 2.05) is 12.1 Å². The van der Waals surface area contributed by atoms with Crippen molar-refractivity contribution in [1.82, 2.24) is 0 Å². The molecule has 0 N–H and O–H groups in total. The van der Waals surface area contributed by atoms with Crippen molar-refractivity contribution in [3.63, 3.8) is 0 Å². The highest BCUT2D eigenvalue weighted by atomic mass is 79.9. The topological polar surface area (TPSA) is 36.9 Å². The van der Waals surface area contributed by atoms with Crippen molar-refractivity contribution in [3.8, 4) is 11.5 Å². The van der Waals surface area contributed by atoms with Crippen molar-refractivity contribution in [2.24, 2.45) is 0 Å². The van der Waals surface area contributed by atoms with Crippen LogP contribution < -0.4 is 9.47 Å². The van der Waals surface area contributed by atoms with Crippen LogP contribution in [-0.4, -0.2) is 40.1 Å². The van der Waals surface area contributed by atoms with E-state index in [2.05, 4.69) is 22.9 Å². The van der Waals surface area contributed by atoms with E-state index in [9.17, 15) is 0 Å². The number of methoxy groups -OCH3 is 2. The molecular weight excluding hydrogens is 312 g/mol. The maximum absolute atomic E-state index is 5.74. The molecule has 2 unspecified atom stereocenters. The maximum Gasteiger partial charge on any atom is 0.161 e. The van der Waals surface area contributed by atoms with Crippen LogP contribution >= 0.6 is 15.9 Å². The van der Waals surface area contributed by atoms with Gasteiger partial charge in [-0.05, 0) is 30.2 Å². The van der Waals surface area contributed by atoms with Crippen molar-refractivity contribution in [2.45, 2.75) is 17.9 Å². The molecule has 0 spiro atoms. The van der Waals surface area contributed by atoms with Crippen molar-refractivity contribution in [2.75, 3.05) is 34.0 Å². The molecule has 1 fully saturated rings. The fourth-order valence-electron chi connectivity index (χ4n) is 2.17. The van der Waals surface area contributed by atoms with E-state index in [1.165, 1.54) is 0 Å². The summed E-state index contributed by atoms with van der Waals surface area (Å²) in [5.41, 5.74) is 2.27. The van der Waals surface area contributed by atoms with Gasteiger partial charge < -0.3 is 18.9 Å². The molecule has 1 aliphatic heterocycles. The number of hydrogen-bond acceptors (Lipinski definition) is 4. The second-order valence-corrected chi connectivity index (χ2v) is 5.44. The van der Waals surface area contributed by atoms with Gasteiger partial charge in [-0.25, -0.2) is 0 Å². The molecule has 1 aromatic rings. The lowest BCUT2D eigenvalue weighted by Crippen LogP contribution is -2.32. The molecule has 0 saturated carbocycles. The lowest BCUT2D eigenvalue weighted by Gasteiger charge is -2.28. The van der Waals surface area contributed by atoms with Crippen LogP contribution in [0, 0.1) is 6.92 Å². The first-order chi connectivity index (χ1) is 9.17. The first kappa shape index (κ1) is 14.6. The van der Waals surface area contributed by atoms with Gasteiger partial charge in [0, 0.05) is 0 Å². The SMILES string of the molecule is COc1cc(C)c(C(Br)C2COCCO2)cc1OC. The predicted octanol–water partition coefficient (Wildman–Crippen LogP) is 2.86. The first-order valence-corrected chi connectivity index (χ1v) is 7.15. The molecule has 0 bridgehead atoms. The Hall–Kier alpha value is -0.780. The lowest BCUT2D eigenvalue weighted by atomic mass is 10.0. The van der Waals surface area contributed by atoms with Gasteiger partial charge in [-0.3, -0.25) is 0 Å². The van der Waals surface area contributed by atoms with Crippen LogP contribution in [0.15, 0.2) is 12.1 Å². The summed E-state index contributed by atoms with van der Waals surface area (Å²) in [5.74, 6) is 1.47. The Labute approximate surface area is 122 Å². The summed E-state index contributed by atoms with van der Waals surface area (Å²) in [4.78, 5) is 0.0765. The molecule has 0 amide bonds. The van der Waals surface area contributed by atoms with Crippen molar-refractivity contribution in [3.05, 3.63) is 23.3 Å². The average molecular weight is 331 g/mol. The van der Waals surface area contributed by atoms with E-state index in [0.29, 0.717) is 19.8 Å². The predicted molar refractivity (Wildman–Crippen MR) is 76.5 cm³/mol. The zero-order chi connectivity index (χ0) is 13.8. The summed E-state index contributed by atoms with van der Waals surface area (Å²) in [6.45, 7) is 3.96. The normalized spacial score (nSPS) is 20.9. The number of hydrogen-bond donors (Lipinski definition) is 0. The quantitative estimate of drug-likeness (QED) is 0.795. The van der Waals surface area contributed by atoms with Gasteiger partial charge in [-0.2, -0.15) is 0 Å². The summed E-state index contributed by atoms with van der Waals surface area (Å²) in [5, 5.41) is 0. The van der Waals surface area contributed by atoms with E-state index in [4.69, 9.17) is 18.9 Å². The number of halogens is 1. The Morgan fingerprint density at radius 1 is 1.21 bits per heavy atom. The molecular formula is C14H19BrO4. The highest BCUT2D eigenvalue weighted by molar-refractivity contribution is 9.09. The number of alkyl halides is 1. The Bertz CT molecular complexity index is 430. The summed E-state index contributed by atoms with van der Waals surface area (Å²) >= 11 is 3.71. The second kappa shape index (κ2) is 6.59. The smallest absolute Gasteiger partial charge is 0.161 e. The van der Waals surface area contributed by atoms with Gasteiger partial charge in [0.25, 0.3) is 0 Å². The van der Waals surface area contributed by atoms with Crippen molar-refractivity contribution < 1.29 is 18.9 Å². The van der Waals surface area contributed by atoms with E-state index in [-0.39, 0.29) is 10.9 Å². The molecule has 0 aromatic heterocycles. The van der Waals surface area contributed by atoms with Gasteiger partial charge >= 0.3 is 0 Å². The zero-order valence-electron chi connectivity index (χ0n) is 11.4. The van der Waals surface area contributed by atoms with Crippen LogP contribution in [0.4, 0.5) is 0 Å². The third-order valence-corrected chi connectivity index (χ3v) is 4.32. The summed E-state index contributed by atoms with van der Waals surface area (Å²) in [6.07, 6.45) is 0.0190. The van der Waals surface area contributed by atoms with E-state index in [0.717, 1.165) is 22.6 Å². The van der Waals surface area contributed by atoms with Crippen LogP contribution in [0.5, 0.6) is 11.5 Å². The molecule has 1 aromatic carbocycles. The van der Waals surface area contributed by atoms with Crippen LogP contribution in [0.3, 0.4) is 0 Å². The summed E-state index contributed by atoms with van der Waals surface area (Å²) in [7, 11) is 3.28. The molecule has 19 heavy (non-hydrogen) atoms. The molecule has 5 heteroatoms. The molecule has 0 aliphatic carbocycles. The highest BCUT2D eigenvalue weighted by Gasteiger charge is 2.26. The van der Waals surface area contributed by atoms with Gasteiger partial charge in [0.15, 0.2) is 11.5 Å². The Kier molecular flexibility index (Phi) is 5.07. The average Bonchev–Trinajstić information content (AvgIpc) is 2.47. The van der Waals surface area contributed by atoms with Gasteiger partial charge in [-0.15, -0.1) is 0 Å². The van der Waals surface area contributed by atoms with Crippen molar-refractivity contribution >= 4 is 15.9 Å². The van der Waals surface area contributed by atoms with Gasteiger partial charge in [0.2, 0.25) is 0 Å². The van der Waals surface area contributed by atoms with Crippen molar-refractivity contribution in [1.29, 1.82) is 0 Å². The molecule has 0 radical (unpaired) electrons. The van der Waals surface area contributed by atoms with Gasteiger partial charge in [0.1, 0.15) is 0 Å². The Morgan fingerprint density at radius 2 is 1.89 bits per heavy atom. The summed E-state index contributed by atoms with van der Waals surface area (Å²) in [6, 6.07) is 3.97. The zero-order valence-corrected chi connectivity index (χ0v) is 13.0. The number of rotatable bonds is 4. The second-order valence-electron chi connectivity index (χ2n) is 4.45. The minimum Gasteiger partial charge on any atom is -0.493 e. The number of aryl methyl sites for hydroxylation is 1. The van der Waals surface area contributed by atoms with Crippen LogP contribution in [-0.2, 0) is 9.47 Å². The Morgan fingerprint density at radius 3 is 2.47 bits per heavy atom. The fourth-order valence-corrected chi connectivity index (χ4v) is 2.97. The minimum atomic E-state index is 0.0190. The summed E-state index contributed by atoms with van der Waals surface area (Å²) < 4.78 is 21.8. The van der Waals surface area contributed by atoms with Crippen LogP contribution in [0.25, 0.3) is 0 Å². The van der Waals surface area contributed by atoms with Gasteiger partial charge in [-0.1, -0.05) is 15.9 Å². The van der Waals surface area contributed by atoms with E-state index >= 15 is 0 Å². The molecule has 1 aliphatic rings. The highest BCUT2D eigenvalue weighted by Crippen LogP contribution is 2.38. The number of ether oxygens (including phenoxy) is 4. The lowest BCUT2D eigenvalue weighted by molar-refractivity contribution is -0.0877. The molecule has 2 atom stereocenters. The third kappa shape index (κ3) is 3.22. The van der Waals surface area contributed by atoms with Crippen LogP contribution in [0.2, 0.25) is 0 Å². The number of benzene rings is 1. The molecule has 2 rings (SSSR count). The van der Waals surface area contributed by atoms with E-state index in [1.54, 1.807) is 14.2 Å². The monoisotopic (exact) mass is 330 g/mol. The fraction of sp³-hybridized carbons (Fsp3) is 0.571. The van der Waals surface area contributed by atoms with Crippen LogP contribution in [0.1, 0.15) is 16.0 Å². The Balaban J connectivity index is 2.27. The first-order valence-electron chi connectivity index (χ1n) is 6.23. The largest absolute Gasteiger partial charge is 0.493 e. The molecule has 106 valence electrons. The van der Waals surface area contributed by atoms with E-state index < -0.39 is 0 Å². The maximum atomic E-state index is 5.74. The standard InChI is InChI=1S/C14H19BrO4/c1-9-6-11(16-2)12(17-3)7-10(9)14(15)13-8-18-4-5-19-13/h6-7,13-14H,4-5,8H2,1-3H3. The molecule has 1 heterocycles. The molecule has 1 saturated heterocycles. The molecule has 4 nitrogen and oxygen atoms in total. The third-order valence-electron chi connectivity index (χ3n) is 3.24. The minimum absolute atomic E-state index is 0.0190.